The van der Waals surface area contributed by atoms with Gasteiger partial charge < -0.3 is 4.90 Å². The van der Waals surface area contributed by atoms with Crippen LogP contribution in [0.25, 0.3) is 0 Å². The molecule has 0 aliphatic carbocycles. The minimum Gasteiger partial charge on any atom is -0.337 e. The molecule has 0 unspecified atom stereocenters. The molecule has 0 fully saturated rings. The first-order valence-electron chi connectivity index (χ1n) is 6.62. The van der Waals surface area contributed by atoms with Crippen LogP contribution >= 0.6 is 27.5 Å². The van der Waals surface area contributed by atoms with Gasteiger partial charge in [-0.1, -0.05) is 53.3 Å². The van der Waals surface area contributed by atoms with E-state index in [1.807, 2.05) is 45.0 Å². The summed E-state index contributed by atoms with van der Waals surface area (Å²) in [5.74, 6) is -0.0298. The van der Waals surface area contributed by atoms with Crippen molar-refractivity contribution in [2.24, 2.45) is 0 Å². The van der Waals surface area contributed by atoms with Crippen LogP contribution in [0.15, 0.2) is 28.7 Å². The summed E-state index contributed by atoms with van der Waals surface area (Å²) in [4.78, 5) is 14.9. The van der Waals surface area contributed by atoms with Gasteiger partial charge in [0.25, 0.3) is 5.91 Å². The lowest BCUT2D eigenvalue weighted by atomic mass is 9.91. The van der Waals surface area contributed by atoms with Crippen LogP contribution in [0.5, 0.6) is 0 Å². The number of hydrogen-bond acceptors (Lipinski definition) is 4. The number of carbonyl (C=O) groups excluding carboxylic acids is 1. The minimum absolute atomic E-state index is 0.0298. The molecule has 1 aromatic heterocycles. The van der Waals surface area contributed by atoms with Gasteiger partial charge in [-0.15, -0.1) is 5.10 Å². The zero-order chi connectivity index (χ0) is 15.6. The number of aromatic nitrogens is 2. The smallest absolute Gasteiger partial charge is 0.267 e. The molecule has 1 amide bonds. The van der Waals surface area contributed by atoms with Crippen LogP contribution in [0.1, 0.15) is 41.7 Å². The SMILES string of the molecule is CN(Cc1ccc(Br)cc1)C(=O)c1snnc1C(C)(C)C. The van der Waals surface area contributed by atoms with Crippen LogP contribution in [0.2, 0.25) is 0 Å². The summed E-state index contributed by atoms with van der Waals surface area (Å²) in [5, 5.41) is 4.12. The largest absolute Gasteiger partial charge is 0.337 e. The van der Waals surface area contributed by atoms with Crippen molar-refractivity contribution >= 4 is 33.4 Å². The summed E-state index contributed by atoms with van der Waals surface area (Å²) >= 11 is 4.57. The van der Waals surface area contributed by atoms with Crippen molar-refractivity contribution in [2.75, 3.05) is 7.05 Å². The first-order valence-corrected chi connectivity index (χ1v) is 8.18. The summed E-state index contributed by atoms with van der Waals surface area (Å²) in [5.41, 5.74) is 1.67. The van der Waals surface area contributed by atoms with E-state index in [-0.39, 0.29) is 11.3 Å². The second kappa shape index (κ2) is 6.23. The fraction of sp³-hybridized carbons (Fsp3) is 0.400. The van der Waals surface area contributed by atoms with E-state index in [9.17, 15) is 4.79 Å². The van der Waals surface area contributed by atoms with E-state index in [2.05, 4.69) is 25.5 Å². The van der Waals surface area contributed by atoms with Crippen molar-refractivity contribution in [3.63, 3.8) is 0 Å². The van der Waals surface area contributed by atoms with E-state index in [0.29, 0.717) is 11.4 Å². The van der Waals surface area contributed by atoms with E-state index >= 15 is 0 Å². The van der Waals surface area contributed by atoms with Crippen molar-refractivity contribution < 1.29 is 4.79 Å². The first kappa shape index (κ1) is 16.1. The Labute approximate surface area is 137 Å². The predicted molar refractivity (Wildman–Crippen MR) is 88.5 cm³/mol. The van der Waals surface area contributed by atoms with Gasteiger partial charge in [0, 0.05) is 23.5 Å². The second-order valence-corrected chi connectivity index (χ2v) is 7.66. The van der Waals surface area contributed by atoms with Gasteiger partial charge in [-0.3, -0.25) is 4.79 Å². The summed E-state index contributed by atoms with van der Waals surface area (Å²) in [6.45, 7) is 6.67. The van der Waals surface area contributed by atoms with Gasteiger partial charge in [0.1, 0.15) is 4.88 Å². The third-order valence-corrected chi connectivity index (χ3v) is 4.31. The summed E-state index contributed by atoms with van der Waals surface area (Å²) in [7, 11) is 1.80. The van der Waals surface area contributed by atoms with Crippen LogP contribution in [0.3, 0.4) is 0 Å². The third kappa shape index (κ3) is 3.89. The monoisotopic (exact) mass is 367 g/mol. The molecule has 1 heterocycles. The maximum atomic E-state index is 12.6. The highest BCUT2D eigenvalue weighted by molar-refractivity contribution is 9.10. The van der Waals surface area contributed by atoms with Crippen molar-refractivity contribution in [3.05, 3.63) is 44.9 Å². The lowest BCUT2D eigenvalue weighted by Crippen LogP contribution is -2.28. The molecule has 0 saturated heterocycles. The van der Waals surface area contributed by atoms with E-state index in [1.165, 1.54) is 11.5 Å². The number of carbonyl (C=O) groups is 1. The van der Waals surface area contributed by atoms with Gasteiger partial charge in [0.05, 0.1) is 5.69 Å². The fourth-order valence-corrected chi connectivity index (χ4v) is 3.07. The molecule has 0 saturated carbocycles. The fourth-order valence-electron chi connectivity index (χ4n) is 1.93. The lowest BCUT2D eigenvalue weighted by molar-refractivity contribution is 0.0787. The Morgan fingerprint density at radius 1 is 1.29 bits per heavy atom. The molecule has 0 spiro atoms. The van der Waals surface area contributed by atoms with E-state index in [0.717, 1.165) is 15.7 Å². The van der Waals surface area contributed by atoms with Crippen molar-refractivity contribution in [3.8, 4) is 0 Å². The highest BCUT2D eigenvalue weighted by Gasteiger charge is 2.27. The summed E-state index contributed by atoms with van der Waals surface area (Å²) in [6, 6.07) is 7.96. The van der Waals surface area contributed by atoms with E-state index in [1.54, 1.807) is 11.9 Å². The number of amides is 1. The van der Waals surface area contributed by atoms with Gasteiger partial charge in [0.15, 0.2) is 0 Å². The van der Waals surface area contributed by atoms with Crippen LogP contribution in [-0.4, -0.2) is 27.4 Å². The van der Waals surface area contributed by atoms with Crippen molar-refractivity contribution in [1.82, 2.24) is 14.5 Å². The average molecular weight is 368 g/mol. The molecule has 0 atom stereocenters. The maximum absolute atomic E-state index is 12.6. The molecular formula is C15H18BrN3OS. The van der Waals surface area contributed by atoms with Gasteiger partial charge in [-0.2, -0.15) is 0 Å². The van der Waals surface area contributed by atoms with Crippen LogP contribution < -0.4 is 0 Å². The highest BCUT2D eigenvalue weighted by atomic mass is 79.9. The predicted octanol–water partition coefficient (Wildman–Crippen LogP) is 3.87. The van der Waals surface area contributed by atoms with Crippen molar-refractivity contribution in [1.29, 1.82) is 0 Å². The molecule has 0 radical (unpaired) electrons. The van der Waals surface area contributed by atoms with E-state index < -0.39 is 0 Å². The number of halogens is 1. The molecule has 2 aromatic rings. The minimum atomic E-state index is -0.184. The Morgan fingerprint density at radius 3 is 2.48 bits per heavy atom. The second-order valence-electron chi connectivity index (χ2n) is 5.99. The molecule has 0 bridgehead atoms. The Kier molecular flexibility index (Phi) is 4.78. The molecule has 21 heavy (non-hydrogen) atoms. The lowest BCUT2D eigenvalue weighted by Gasteiger charge is -2.20. The molecule has 4 nitrogen and oxygen atoms in total. The average Bonchev–Trinajstić information content (AvgIpc) is 2.89. The molecule has 0 aliphatic heterocycles. The Hall–Kier alpha value is -1.27. The van der Waals surface area contributed by atoms with Gasteiger partial charge >= 0.3 is 0 Å². The molecule has 1 aromatic carbocycles. The molecular weight excluding hydrogens is 350 g/mol. The van der Waals surface area contributed by atoms with Crippen LogP contribution in [0, 0.1) is 0 Å². The maximum Gasteiger partial charge on any atom is 0.267 e. The van der Waals surface area contributed by atoms with Crippen molar-refractivity contribution in [2.45, 2.75) is 32.7 Å². The highest BCUT2D eigenvalue weighted by Crippen LogP contribution is 2.27. The van der Waals surface area contributed by atoms with E-state index in [4.69, 9.17) is 0 Å². The van der Waals surface area contributed by atoms with Gasteiger partial charge in [-0.05, 0) is 29.2 Å². The molecule has 2 rings (SSSR count). The zero-order valence-electron chi connectivity index (χ0n) is 12.6. The normalized spacial score (nSPS) is 11.5. The quantitative estimate of drug-likeness (QED) is 0.826. The number of benzene rings is 1. The third-order valence-electron chi connectivity index (χ3n) is 3.07. The molecule has 112 valence electrons. The van der Waals surface area contributed by atoms with Crippen LogP contribution in [0.4, 0.5) is 0 Å². The first-order chi connectivity index (χ1) is 9.79. The number of nitrogens with zero attached hydrogens (tertiary/aromatic N) is 3. The summed E-state index contributed by atoms with van der Waals surface area (Å²) in [6.07, 6.45) is 0. The Balaban J connectivity index is 2.16. The molecule has 0 N–H and O–H groups in total. The molecule has 6 heteroatoms. The summed E-state index contributed by atoms with van der Waals surface area (Å²) < 4.78 is 4.98. The standard InChI is InChI=1S/C15H18BrN3OS/c1-15(2,3)13-12(21-18-17-13)14(20)19(4)9-10-5-7-11(16)8-6-10/h5-8H,9H2,1-4H3. The van der Waals surface area contributed by atoms with Crippen LogP contribution in [-0.2, 0) is 12.0 Å². The zero-order valence-corrected chi connectivity index (χ0v) is 15.0. The van der Waals surface area contributed by atoms with Gasteiger partial charge in [-0.25, -0.2) is 0 Å². The Bertz CT molecular complexity index is 631. The topological polar surface area (TPSA) is 46.1 Å². The molecule has 0 aliphatic rings. The number of rotatable bonds is 3. The Morgan fingerprint density at radius 2 is 1.90 bits per heavy atom. The number of hydrogen-bond donors (Lipinski definition) is 0. The van der Waals surface area contributed by atoms with Gasteiger partial charge in [0.2, 0.25) is 0 Å².